The molecular weight excluding hydrogens is 168 g/mol. The molecule has 0 amide bonds. The van der Waals surface area contributed by atoms with E-state index in [0.29, 0.717) is 0 Å². The molecule has 0 bridgehead atoms. The fraction of sp³-hybridized carbons (Fsp3) is 0.400. The van der Waals surface area contributed by atoms with Gasteiger partial charge in [0.25, 0.3) is 10.1 Å². The highest BCUT2D eigenvalue weighted by Gasteiger charge is 2.36. The molecule has 11 heavy (non-hydrogen) atoms. The van der Waals surface area contributed by atoms with Crippen molar-refractivity contribution in [3.8, 4) is 0 Å². The summed E-state index contributed by atoms with van der Waals surface area (Å²) in [4.78, 5) is 1.94. The molecule has 5 nitrogen and oxygen atoms in total. The van der Waals surface area contributed by atoms with Crippen LogP contribution in [0.3, 0.4) is 0 Å². The quantitative estimate of drug-likeness (QED) is 0.527. The van der Waals surface area contributed by atoms with Crippen LogP contribution in [0.1, 0.15) is 6.42 Å². The van der Waals surface area contributed by atoms with Gasteiger partial charge in [0.1, 0.15) is 0 Å². The first-order valence-electron chi connectivity index (χ1n) is 2.91. The van der Waals surface area contributed by atoms with Crippen LogP contribution in [0, 0.1) is 0 Å². The van der Waals surface area contributed by atoms with Crippen LogP contribution in [-0.4, -0.2) is 24.1 Å². The van der Waals surface area contributed by atoms with Crippen molar-refractivity contribution in [2.24, 2.45) is 10.7 Å². The molecule has 0 spiro atoms. The lowest BCUT2D eigenvalue weighted by atomic mass is 10.2. The molecule has 1 unspecified atom stereocenters. The van der Waals surface area contributed by atoms with Crippen LogP contribution in [0.25, 0.3) is 0 Å². The van der Waals surface area contributed by atoms with Crippen molar-refractivity contribution in [1.82, 2.24) is 0 Å². The Labute approximate surface area is 64.4 Å². The molecule has 0 aromatic rings. The maximum absolute atomic E-state index is 10.6. The number of nitrogens with two attached hydrogens (primary N) is 1. The Balaban J connectivity index is 3.04. The Morgan fingerprint density at radius 1 is 1.64 bits per heavy atom. The van der Waals surface area contributed by atoms with E-state index in [2.05, 4.69) is 4.99 Å². The van der Waals surface area contributed by atoms with Gasteiger partial charge in [-0.25, -0.2) is 0 Å². The van der Waals surface area contributed by atoms with Crippen LogP contribution in [0.15, 0.2) is 17.3 Å². The van der Waals surface area contributed by atoms with Crippen LogP contribution >= 0.6 is 0 Å². The van der Waals surface area contributed by atoms with Crippen molar-refractivity contribution in [3.05, 3.63) is 12.3 Å². The van der Waals surface area contributed by atoms with E-state index < -0.39 is 15.0 Å². The summed E-state index contributed by atoms with van der Waals surface area (Å²) in [6, 6.07) is 0. The van der Waals surface area contributed by atoms with Crippen LogP contribution in [-0.2, 0) is 10.1 Å². The highest BCUT2D eigenvalue weighted by molar-refractivity contribution is 7.87. The molecule has 0 aliphatic carbocycles. The number of rotatable bonds is 1. The van der Waals surface area contributed by atoms with Gasteiger partial charge in [0.05, 0.1) is 0 Å². The van der Waals surface area contributed by atoms with E-state index in [4.69, 9.17) is 10.3 Å². The second-order valence-corrected chi connectivity index (χ2v) is 3.99. The number of aliphatic imine (C=N–C) groups is 1. The summed E-state index contributed by atoms with van der Waals surface area (Å²) in [5, 5.41) is 0. The van der Waals surface area contributed by atoms with E-state index in [9.17, 15) is 8.42 Å². The predicted octanol–water partition coefficient (Wildman–Crippen LogP) is -0.483. The number of nitrogens with zero attached hydrogens (tertiary/aromatic N) is 1. The molecule has 0 aromatic heterocycles. The van der Waals surface area contributed by atoms with Crippen molar-refractivity contribution in [2.75, 3.05) is 0 Å². The van der Waals surface area contributed by atoms with Crippen molar-refractivity contribution >= 4 is 16.3 Å². The second kappa shape index (κ2) is 2.40. The minimum atomic E-state index is -4.23. The van der Waals surface area contributed by atoms with Gasteiger partial charge in [0, 0.05) is 18.8 Å². The Bertz CT molecular complexity index is 306. The first-order valence-corrected chi connectivity index (χ1v) is 4.35. The fourth-order valence-corrected chi connectivity index (χ4v) is 1.20. The van der Waals surface area contributed by atoms with E-state index in [-0.39, 0.29) is 6.42 Å². The lowest BCUT2D eigenvalue weighted by Gasteiger charge is -2.21. The number of hydrogen-bond donors (Lipinski definition) is 2. The van der Waals surface area contributed by atoms with Gasteiger partial charge in [-0.15, -0.1) is 0 Å². The third kappa shape index (κ3) is 1.47. The third-order valence-electron chi connectivity index (χ3n) is 1.44. The molecule has 1 aliphatic rings. The van der Waals surface area contributed by atoms with Crippen molar-refractivity contribution in [1.29, 1.82) is 0 Å². The van der Waals surface area contributed by atoms with Gasteiger partial charge in [-0.2, -0.15) is 8.42 Å². The van der Waals surface area contributed by atoms with Gasteiger partial charge in [-0.3, -0.25) is 9.55 Å². The SMILES string of the molecule is NC1(S(=O)(=O)O)C=CN=CC1. The van der Waals surface area contributed by atoms with Crippen LogP contribution in [0.4, 0.5) is 0 Å². The van der Waals surface area contributed by atoms with E-state index >= 15 is 0 Å². The molecule has 1 rings (SSSR count). The summed E-state index contributed by atoms with van der Waals surface area (Å²) in [6.45, 7) is 0. The van der Waals surface area contributed by atoms with E-state index in [1.165, 1.54) is 12.4 Å². The van der Waals surface area contributed by atoms with Crippen LogP contribution in [0.2, 0.25) is 0 Å². The van der Waals surface area contributed by atoms with Crippen LogP contribution < -0.4 is 5.73 Å². The first-order chi connectivity index (χ1) is 4.96. The molecule has 0 aromatic carbocycles. The molecule has 0 radical (unpaired) electrons. The third-order valence-corrected chi connectivity index (χ3v) is 2.70. The zero-order valence-electron chi connectivity index (χ0n) is 5.64. The first kappa shape index (κ1) is 8.38. The summed E-state index contributed by atoms with van der Waals surface area (Å²) < 4.78 is 29.9. The van der Waals surface area contributed by atoms with Crippen LogP contribution in [0.5, 0.6) is 0 Å². The van der Waals surface area contributed by atoms with E-state index in [1.807, 2.05) is 0 Å². The van der Waals surface area contributed by atoms with Crippen molar-refractivity contribution < 1.29 is 13.0 Å². The molecule has 1 atom stereocenters. The van der Waals surface area contributed by atoms with Gasteiger partial charge in [-0.05, 0) is 6.08 Å². The average Bonchev–Trinajstić information content (AvgIpc) is 1.87. The fourth-order valence-electron chi connectivity index (χ4n) is 0.685. The predicted molar refractivity (Wildman–Crippen MR) is 40.7 cm³/mol. The molecule has 62 valence electrons. The Morgan fingerprint density at radius 2 is 2.27 bits per heavy atom. The molecule has 3 N–H and O–H groups in total. The zero-order valence-corrected chi connectivity index (χ0v) is 6.45. The molecule has 0 fully saturated rings. The smallest absolute Gasteiger partial charge is 0.288 e. The summed E-state index contributed by atoms with van der Waals surface area (Å²) >= 11 is 0. The minimum absolute atomic E-state index is 0.00231. The Kier molecular flexibility index (Phi) is 1.83. The molecule has 6 heteroatoms. The maximum atomic E-state index is 10.6. The minimum Gasteiger partial charge on any atom is -0.307 e. The lowest BCUT2D eigenvalue weighted by Crippen LogP contribution is -2.46. The highest BCUT2D eigenvalue weighted by Crippen LogP contribution is 2.17. The summed E-state index contributed by atoms with van der Waals surface area (Å²) in [5.41, 5.74) is 5.32. The average molecular weight is 176 g/mol. The van der Waals surface area contributed by atoms with E-state index in [1.54, 1.807) is 0 Å². The van der Waals surface area contributed by atoms with E-state index in [0.717, 1.165) is 6.08 Å². The van der Waals surface area contributed by atoms with Gasteiger partial charge in [-0.1, -0.05) is 0 Å². The Morgan fingerprint density at radius 3 is 2.55 bits per heavy atom. The summed E-state index contributed by atoms with van der Waals surface area (Å²) in [5.74, 6) is 0. The maximum Gasteiger partial charge on any atom is 0.288 e. The van der Waals surface area contributed by atoms with Gasteiger partial charge >= 0.3 is 0 Å². The largest absolute Gasteiger partial charge is 0.307 e. The van der Waals surface area contributed by atoms with Gasteiger partial charge < -0.3 is 5.73 Å². The highest BCUT2D eigenvalue weighted by atomic mass is 32.2. The summed E-state index contributed by atoms with van der Waals surface area (Å²) in [6.07, 6.45) is 3.75. The molecule has 1 aliphatic heterocycles. The molecule has 1 heterocycles. The molecule has 0 saturated carbocycles. The molecule has 0 saturated heterocycles. The number of hydrogen-bond acceptors (Lipinski definition) is 4. The topological polar surface area (TPSA) is 92.8 Å². The molecular formula is C5H8N2O3S. The van der Waals surface area contributed by atoms with Gasteiger partial charge in [0.15, 0.2) is 4.87 Å². The van der Waals surface area contributed by atoms with Crippen molar-refractivity contribution in [2.45, 2.75) is 11.3 Å². The standard InChI is InChI=1S/C5H8N2O3S/c6-5(11(8,9)10)1-3-7-4-2-5/h1,3-4H,2,6H2,(H,8,9,10). The summed E-state index contributed by atoms with van der Waals surface area (Å²) in [7, 11) is -4.23. The normalized spacial score (nSPS) is 30.7. The van der Waals surface area contributed by atoms with Gasteiger partial charge in [0.2, 0.25) is 0 Å². The lowest BCUT2D eigenvalue weighted by molar-refractivity contribution is 0.450. The second-order valence-electron chi connectivity index (χ2n) is 2.28. The van der Waals surface area contributed by atoms with Crippen molar-refractivity contribution in [3.63, 3.8) is 0 Å². The zero-order chi connectivity index (χ0) is 8.54. The Hall–Kier alpha value is -0.720. The monoisotopic (exact) mass is 176 g/mol.